The second kappa shape index (κ2) is 6.53. The minimum absolute atomic E-state index is 0.0327. The van der Waals surface area contributed by atoms with Crippen LogP contribution in [0.2, 0.25) is 0 Å². The first kappa shape index (κ1) is 13.8. The smallest absolute Gasteiger partial charge is 0.0991 e. The maximum atomic E-state index is 8.96. The molecule has 3 nitrogen and oxygen atoms in total. The molecule has 106 valence electrons. The Balaban J connectivity index is 1.59. The fourth-order valence-electron chi connectivity index (χ4n) is 2.68. The lowest BCUT2D eigenvalue weighted by molar-refractivity contribution is 0.00306. The molecule has 2 aromatic rings. The van der Waals surface area contributed by atoms with E-state index in [1.807, 2.05) is 30.3 Å². The van der Waals surface area contributed by atoms with Gasteiger partial charge in [0, 0.05) is 12.6 Å². The lowest BCUT2D eigenvalue weighted by atomic mass is 10.0. The first-order valence-electron chi connectivity index (χ1n) is 7.24. The van der Waals surface area contributed by atoms with Crippen LogP contribution in [-0.2, 0) is 11.2 Å². The number of nitrogens with zero attached hydrogens (tertiary/aromatic N) is 1. The van der Waals surface area contributed by atoms with Gasteiger partial charge < -0.3 is 10.1 Å². The lowest BCUT2D eigenvalue weighted by Gasteiger charge is -2.30. The number of rotatable bonds is 3. The van der Waals surface area contributed by atoms with Gasteiger partial charge in [-0.1, -0.05) is 42.5 Å². The van der Waals surface area contributed by atoms with Crippen LogP contribution in [0.4, 0.5) is 0 Å². The Morgan fingerprint density at radius 2 is 2.00 bits per heavy atom. The van der Waals surface area contributed by atoms with Crippen LogP contribution in [-0.4, -0.2) is 19.2 Å². The first-order chi connectivity index (χ1) is 10.3. The summed E-state index contributed by atoms with van der Waals surface area (Å²) >= 11 is 0. The van der Waals surface area contributed by atoms with Crippen LogP contribution in [0.3, 0.4) is 0 Å². The molecule has 0 aromatic heterocycles. The Kier molecular flexibility index (Phi) is 4.30. The van der Waals surface area contributed by atoms with E-state index in [2.05, 4.69) is 35.7 Å². The van der Waals surface area contributed by atoms with Crippen molar-refractivity contribution in [2.24, 2.45) is 0 Å². The summed E-state index contributed by atoms with van der Waals surface area (Å²) in [4.78, 5) is 0. The van der Waals surface area contributed by atoms with E-state index in [1.165, 1.54) is 5.56 Å². The predicted molar refractivity (Wildman–Crippen MR) is 81.8 cm³/mol. The van der Waals surface area contributed by atoms with Crippen molar-refractivity contribution in [3.05, 3.63) is 71.3 Å². The number of benzene rings is 2. The third-order valence-electron chi connectivity index (χ3n) is 3.80. The molecule has 2 aromatic carbocycles. The van der Waals surface area contributed by atoms with Crippen molar-refractivity contribution >= 4 is 0 Å². The zero-order valence-electron chi connectivity index (χ0n) is 11.8. The minimum Gasteiger partial charge on any atom is -0.371 e. The van der Waals surface area contributed by atoms with Crippen LogP contribution in [0.15, 0.2) is 54.6 Å². The van der Waals surface area contributed by atoms with Crippen LogP contribution in [0.5, 0.6) is 0 Å². The highest BCUT2D eigenvalue weighted by atomic mass is 16.5. The molecule has 21 heavy (non-hydrogen) atoms. The summed E-state index contributed by atoms with van der Waals surface area (Å²) in [5, 5.41) is 12.5. The van der Waals surface area contributed by atoms with E-state index >= 15 is 0 Å². The maximum absolute atomic E-state index is 8.96. The zero-order valence-corrected chi connectivity index (χ0v) is 11.8. The van der Waals surface area contributed by atoms with Crippen molar-refractivity contribution in [1.29, 1.82) is 5.26 Å². The van der Waals surface area contributed by atoms with Gasteiger partial charge in [-0.25, -0.2) is 0 Å². The summed E-state index contributed by atoms with van der Waals surface area (Å²) in [5.41, 5.74) is 3.07. The summed E-state index contributed by atoms with van der Waals surface area (Å²) < 4.78 is 5.98. The van der Waals surface area contributed by atoms with Crippen LogP contribution in [0.1, 0.15) is 22.8 Å². The molecule has 2 atom stereocenters. The van der Waals surface area contributed by atoms with Gasteiger partial charge in [-0.15, -0.1) is 0 Å². The average Bonchev–Trinajstić information content (AvgIpc) is 2.56. The largest absolute Gasteiger partial charge is 0.371 e. The molecule has 1 saturated heterocycles. The number of nitrogens with one attached hydrogen (secondary N) is 1. The number of ether oxygens (including phenoxy) is 1. The maximum Gasteiger partial charge on any atom is 0.0991 e. The quantitative estimate of drug-likeness (QED) is 0.939. The highest BCUT2D eigenvalue weighted by Gasteiger charge is 2.22. The molecule has 0 aliphatic carbocycles. The zero-order chi connectivity index (χ0) is 14.5. The van der Waals surface area contributed by atoms with Gasteiger partial charge in [-0.05, 0) is 29.7 Å². The van der Waals surface area contributed by atoms with Crippen LogP contribution in [0.25, 0.3) is 0 Å². The van der Waals surface area contributed by atoms with Crippen molar-refractivity contribution in [3.63, 3.8) is 0 Å². The number of morpholine rings is 1. The summed E-state index contributed by atoms with van der Waals surface area (Å²) in [6.45, 7) is 1.47. The third-order valence-corrected chi connectivity index (χ3v) is 3.80. The normalized spacial score (nSPS) is 21.7. The van der Waals surface area contributed by atoms with E-state index in [0.717, 1.165) is 18.5 Å². The van der Waals surface area contributed by atoms with Crippen LogP contribution >= 0.6 is 0 Å². The van der Waals surface area contributed by atoms with Crippen molar-refractivity contribution in [2.45, 2.75) is 18.6 Å². The molecule has 0 bridgehead atoms. The van der Waals surface area contributed by atoms with Crippen LogP contribution < -0.4 is 5.32 Å². The molecule has 1 aliphatic heterocycles. The highest BCUT2D eigenvalue weighted by molar-refractivity contribution is 5.34. The molecular weight excluding hydrogens is 260 g/mol. The Morgan fingerprint density at radius 3 is 2.71 bits per heavy atom. The SMILES string of the molecule is N#Cc1cccc(C2CNC(Cc3ccccc3)CO2)c1. The van der Waals surface area contributed by atoms with Gasteiger partial charge in [0.25, 0.3) is 0 Å². The second-order valence-electron chi connectivity index (χ2n) is 5.35. The molecule has 1 N–H and O–H groups in total. The Labute approximate surface area is 125 Å². The molecule has 3 rings (SSSR count). The van der Waals surface area contributed by atoms with Crippen molar-refractivity contribution in [1.82, 2.24) is 5.32 Å². The Bertz CT molecular complexity index is 625. The summed E-state index contributed by atoms with van der Waals surface area (Å²) in [5.74, 6) is 0. The fraction of sp³-hybridized carbons (Fsp3) is 0.278. The third kappa shape index (κ3) is 3.49. The molecular formula is C18H18N2O. The molecule has 3 heteroatoms. The van der Waals surface area contributed by atoms with Gasteiger partial charge >= 0.3 is 0 Å². The van der Waals surface area contributed by atoms with E-state index in [0.29, 0.717) is 18.2 Å². The monoisotopic (exact) mass is 278 g/mol. The number of hydrogen-bond donors (Lipinski definition) is 1. The van der Waals surface area contributed by atoms with Crippen LogP contribution in [0, 0.1) is 11.3 Å². The van der Waals surface area contributed by atoms with Crippen molar-refractivity contribution < 1.29 is 4.74 Å². The standard InChI is InChI=1S/C18H18N2O/c19-11-15-7-4-8-16(9-15)18-12-20-17(13-21-18)10-14-5-2-1-3-6-14/h1-9,17-18,20H,10,12-13H2. The molecule has 2 unspecified atom stereocenters. The van der Waals surface area contributed by atoms with Gasteiger partial charge in [0.05, 0.1) is 24.3 Å². The Morgan fingerprint density at radius 1 is 1.14 bits per heavy atom. The van der Waals surface area contributed by atoms with E-state index in [1.54, 1.807) is 0 Å². The van der Waals surface area contributed by atoms with Crippen molar-refractivity contribution in [3.8, 4) is 6.07 Å². The van der Waals surface area contributed by atoms with E-state index < -0.39 is 0 Å². The lowest BCUT2D eigenvalue weighted by Crippen LogP contribution is -2.44. The van der Waals surface area contributed by atoms with Gasteiger partial charge in [0.2, 0.25) is 0 Å². The predicted octanol–water partition coefficient (Wildman–Crippen LogP) is 2.83. The second-order valence-corrected chi connectivity index (χ2v) is 5.35. The molecule has 1 aliphatic rings. The van der Waals surface area contributed by atoms with Gasteiger partial charge in [-0.3, -0.25) is 0 Å². The highest BCUT2D eigenvalue weighted by Crippen LogP contribution is 2.21. The minimum atomic E-state index is 0.0327. The number of nitriles is 1. The van der Waals surface area contributed by atoms with E-state index in [9.17, 15) is 0 Å². The molecule has 1 heterocycles. The molecule has 0 spiro atoms. The summed E-state index contributed by atoms with van der Waals surface area (Å²) in [6.07, 6.45) is 1.01. The molecule has 0 radical (unpaired) electrons. The summed E-state index contributed by atoms with van der Waals surface area (Å²) in [6, 6.07) is 20.6. The Hall–Kier alpha value is -2.15. The van der Waals surface area contributed by atoms with E-state index in [-0.39, 0.29) is 6.10 Å². The molecule has 0 amide bonds. The molecule has 1 fully saturated rings. The van der Waals surface area contributed by atoms with E-state index in [4.69, 9.17) is 10.00 Å². The van der Waals surface area contributed by atoms with Gasteiger partial charge in [0.15, 0.2) is 0 Å². The summed E-state index contributed by atoms with van der Waals surface area (Å²) in [7, 11) is 0. The topological polar surface area (TPSA) is 45.0 Å². The molecule has 0 saturated carbocycles. The average molecular weight is 278 g/mol. The van der Waals surface area contributed by atoms with Gasteiger partial charge in [0.1, 0.15) is 0 Å². The fourth-order valence-corrected chi connectivity index (χ4v) is 2.68. The van der Waals surface area contributed by atoms with Gasteiger partial charge in [-0.2, -0.15) is 5.26 Å². The first-order valence-corrected chi connectivity index (χ1v) is 7.24. The number of hydrogen-bond acceptors (Lipinski definition) is 3. The van der Waals surface area contributed by atoms with Crippen molar-refractivity contribution in [2.75, 3.05) is 13.2 Å².